The summed E-state index contributed by atoms with van der Waals surface area (Å²) in [4.78, 5) is 24.9. The molecule has 5 aromatic rings. The number of rotatable bonds is 4. The molecule has 10 heteroatoms. The van der Waals surface area contributed by atoms with Gasteiger partial charge in [-0.2, -0.15) is 0 Å². The van der Waals surface area contributed by atoms with Crippen LogP contribution in [0.4, 0.5) is 0 Å². The Bertz CT molecular complexity index is 1460. The number of pyridine rings is 1. The maximum absolute atomic E-state index is 12.5. The van der Waals surface area contributed by atoms with Crippen LogP contribution in [0, 0.1) is 0 Å². The molecule has 4 heterocycles. The molecule has 28 heavy (non-hydrogen) atoms. The summed E-state index contributed by atoms with van der Waals surface area (Å²) in [6.07, 6.45) is 1.70. The SMILES string of the molecule is Cn1c(=O)c2ccccc2n2c(SCCn3nc4ccccn4c3=O)nnc12. The Balaban J connectivity index is 1.50. The van der Waals surface area contributed by atoms with Crippen molar-refractivity contribution >= 4 is 34.1 Å². The fraction of sp³-hybridized carbons (Fsp3) is 0.167. The molecule has 140 valence electrons. The van der Waals surface area contributed by atoms with Crippen molar-refractivity contribution in [3.8, 4) is 0 Å². The molecule has 1 aromatic carbocycles. The summed E-state index contributed by atoms with van der Waals surface area (Å²) in [5.41, 5.74) is 1.10. The summed E-state index contributed by atoms with van der Waals surface area (Å²) in [6, 6.07) is 12.8. The van der Waals surface area contributed by atoms with Gasteiger partial charge in [0.15, 0.2) is 10.8 Å². The normalized spacial score (nSPS) is 11.8. The second-order valence-corrected chi connectivity index (χ2v) is 7.34. The highest BCUT2D eigenvalue weighted by atomic mass is 32.2. The third-order valence-electron chi connectivity index (χ3n) is 4.62. The van der Waals surface area contributed by atoms with E-state index in [-0.39, 0.29) is 11.2 Å². The van der Waals surface area contributed by atoms with Crippen LogP contribution in [0.3, 0.4) is 0 Å². The van der Waals surface area contributed by atoms with E-state index >= 15 is 0 Å². The number of aryl methyl sites for hydroxylation is 2. The van der Waals surface area contributed by atoms with Crippen LogP contribution in [-0.2, 0) is 13.6 Å². The number of fused-ring (bicyclic) bond motifs is 4. The fourth-order valence-corrected chi connectivity index (χ4v) is 4.10. The van der Waals surface area contributed by atoms with E-state index in [2.05, 4.69) is 15.3 Å². The smallest absolute Gasteiger partial charge is 0.279 e. The number of aromatic nitrogens is 7. The molecule has 0 spiro atoms. The fourth-order valence-electron chi connectivity index (χ4n) is 3.24. The molecule has 0 saturated carbocycles. The van der Waals surface area contributed by atoms with Gasteiger partial charge in [-0.25, -0.2) is 9.48 Å². The summed E-state index contributed by atoms with van der Waals surface area (Å²) < 4.78 is 6.32. The standard InChI is InChI=1S/C18H15N7O2S/c1-22-15(26)12-6-2-3-7-13(12)25-16(22)19-20-17(25)28-11-10-24-18(27)23-9-5-4-8-14(23)21-24/h2-9H,10-11H2,1H3. The first-order valence-electron chi connectivity index (χ1n) is 8.65. The zero-order valence-corrected chi connectivity index (χ0v) is 15.7. The van der Waals surface area contributed by atoms with Crippen molar-refractivity contribution in [2.24, 2.45) is 7.05 Å². The van der Waals surface area contributed by atoms with Gasteiger partial charge in [0.2, 0.25) is 5.78 Å². The molecule has 0 aliphatic rings. The van der Waals surface area contributed by atoms with Crippen LogP contribution in [0.5, 0.6) is 0 Å². The average Bonchev–Trinajstić information content (AvgIpc) is 3.28. The van der Waals surface area contributed by atoms with Gasteiger partial charge in [-0.1, -0.05) is 30.0 Å². The van der Waals surface area contributed by atoms with Gasteiger partial charge in [0, 0.05) is 19.0 Å². The Morgan fingerprint density at radius 3 is 2.71 bits per heavy atom. The topological polar surface area (TPSA) is 91.5 Å². The molecule has 0 unspecified atom stereocenters. The van der Waals surface area contributed by atoms with Gasteiger partial charge in [0.1, 0.15) is 0 Å². The van der Waals surface area contributed by atoms with E-state index in [4.69, 9.17) is 0 Å². The van der Waals surface area contributed by atoms with Gasteiger partial charge in [0.05, 0.1) is 17.4 Å². The Morgan fingerprint density at radius 1 is 1.04 bits per heavy atom. The molecule has 0 aliphatic heterocycles. The summed E-state index contributed by atoms with van der Waals surface area (Å²) in [7, 11) is 1.68. The summed E-state index contributed by atoms with van der Waals surface area (Å²) in [5, 5.41) is 14.0. The van der Waals surface area contributed by atoms with Crippen LogP contribution in [0.15, 0.2) is 63.4 Å². The third kappa shape index (κ3) is 2.45. The third-order valence-corrected chi connectivity index (χ3v) is 5.53. The number of benzene rings is 1. The van der Waals surface area contributed by atoms with Crippen molar-refractivity contribution in [1.82, 2.24) is 33.3 Å². The van der Waals surface area contributed by atoms with Gasteiger partial charge in [-0.15, -0.1) is 15.3 Å². The van der Waals surface area contributed by atoms with Crippen molar-refractivity contribution in [1.29, 1.82) is 0 Å². The molecule has 0 fully saturated rings. The molecule has 0 atom stereocenters. The van der Waals surface area contributed by atoms with Gasteiger partial charge < -0.3 is 0 Å². The summed E-state index contributed by atoms with van der Waals surface area (Å²) >= 11 is 1.46. The van der Waals surface area contributed by atoms with Crippen LogP contribution < -0.4 is 11.2 Å². The highest BCUT2D eigenvalue weighted by Gasteiger charge is 2.15. The van der Waals surface area contributed by atoms with E-state index in [1.54, 1.807) is 31.4 Å². The molecule has 0 amide bonds. The average molecular weight is 393 g/mol. The van der Waals surface area contributed by atoms with Gasteiger partial charge in [0.25, 0.3) is 5.56 Å². The Kier molecular flexibility index (Phi) is 3.79. The van der Waals surface area contributed by atoms with E-state index in [0.717, 1.165) is 5.52 Å². The monoisotopic (exact) mass is 393 g/mol. The quantitative estimate of drug-likeness (QED) is 0.426. The van der Waals surface area contributed by atoms with Crippen LogP contribution in [0.25, 0.3) is 22.3 Å². The number of hydrogen-bond acceptors (Lipinski definition) is 6. The Hall–Kier alpha value is -3.40. The molecule has 0 radical (unpaired) electrons. The molecule has 4 aromatic heterocycles. The molecule has 0 bridgehead atoms. The van der Waals surface area contributed by atoms with Crippen LogP contribution in [0.2, 0.25) is 0 Å². The van der Waals surface area contributed by atoms with E-state index in [1.165, 1.54) is 25.4 Å². The predicted octanol–water partition coefficient (Wildman–Crippen LogP) is 1.18. The minimum absolute atomic E-state index is 0.108. The van der Waals surface area contributed by atoms with Crippen molar-refractivity contribution in [2.75, 3.05) is 5.75 Å². The molecular weight excluding hydrogens is 378 g/mol. The zero-order chi connectivity index (χ0) is 19.3. The maximum atomic E-state index is 12.5. The number of nitrogens with zero attached hydrogens (tertiary/aromatic N) is 7. The Morgan fingerprint density at radius 2 is 1.86 bits per heavy atom. The Labute approximate surface area is 161 Å². The largest absolute Gasteiger partial charge is 0.350 e. The van der Waals surface area contributed by atoms with Crippen LogP contribution >= 0.6 is 11.8 Å². The molecule has 0 aliphatic carbocycles. The molecular formula is C18H15N7O2S. The maximum Gasteiger partial charge on any atom is 0.350 e. The van der Waals surface area contributed by atoms with Gasteiger partial charge in [-0.3, -0.25) is 18.2 Å². The lowest BCUT2D eigenvalue weighted by molar-refractivity contribution is 0.639. The lowest BCUT2D eigenvalue weighted by atomic mass is 10.2. The second kappa shape index (κ2) is 6.34. The molecule has 0 N–H and O–H groups in total. The first-order valence-corrected chi connectivity index (χ1v) is 9.63. The summed E-state index contributed by atoms with van der Waals surface area (Å²) in [5.74, 6) is 1.07. The predicted molar refractivity (Wildman–Crippen MR) is 106 cm³/mol. The number of thioether (sulfide) groups is 1. The van der Waals surface area contributed by atoms with E-state index in [1.807, 2.05) is 28.7 Å². The minimum atomic E-state index is -0.171. The van der Waals surface area contributed by atoms with Crippen LogP contribution in [0.1, 0.15) is 0 Å². The van der Waals surface area contributed by atoms with Crippen molar-refractivity contribution in [3.05, 3.63) is 69.5 Å². The lowest BCUT2D eigenvalue weighted by Crippen LogP contribution is -2.22. The number of para-hydroxylation sites is 1. The van der Waals surface area contributed by atoms with Crippen molar-refractivity contribution in [3.63, 3.8) is 0 Å². The first kappa shape index (κ1) is 16.8. The van der Waals surface area contributed by atoms with E-state index < -0.39 is 0 Å². The van der Waals surface area contributed by atoms with E-state index in [9.17, 15) is 9.59 Å². The lowest BCUT2D eigenvalue weighted by Gasteiger charge is -2.07. The molecule has 0 saturated heterocycles. The van der Waals surface area contributed by atoms with Gasteiger partial charge in [-0.05, 0) is 24.3 Å². The first-order chi connectivity index (χ1) is 13.6. The van der Waals surface area contributed by atoms with Crippen molar-refractivity contribution < 1.29 is 0 Å². The van der Waals surface area contributed by atoms with Gasteiger partial charge >= 0.3 is 5.69 Å². The summed E-state index contributed by atoms with van der Waals surface area (Å²) in [6.45, 7) is 0.434. The van der Waals surface area contributed by atoms with Crippen LogP contribution in [-0.4, -0.2) is 39.1 Å². The molecule has 5 rings (SSSR count). The minimum Gasteiger partial charge on any atom is -0.279 e. The van der Waals surface area contributed by atoms with Crippen molar-refractivity contribution in [2.45, 2.75) is 11.7 Å². The second-order valence-electron chi connectivity index (χ2n) is 6.28. The number of hydrogen-bond donors (Lipinski definition) is 0. The van der Waals surface area contributed by atoms with E-state index in [0.29, 0.717) is 34.3 Å². The highest BCUT2D eigenvalue weighted by Crippen LogP contribution is 2.21. The zero-order valence-electron chi connectivity index (χ0n) is 14.9. The highest BCUT2D eigenvalue weighted by molar-refractivity contribution is 7.99. The molecule has 9 nitrogen and oxygen atoms in total.